The maximum absolute atomic E-state index is 11.7. The highest BCUT2D eigenvalue weighted by Crippen LogP contribution is 2.14. The molecule has 1 aliphatic heterocycles. The van der Waals surface area contributed by atoms with Crippen molar-refractivity contribution < 1.29 is 19.4 Å². The fourth-order valence-corrected chi connectivity index (χ4v) is 2.03. The maximum Gasteiger partial charge on any atom is 0.305 e. The largest absolute Gasteiger partial charge is 0.481 e. The maximum atomic E-state index is 11.7. The summed E-state index contributed by atoms with van der Waals surface area (Å²) in [6, 6.07) is -0.540. The van der Waals surface area contributed by atoms with Crippen molar-refractivity contribution in [3.8, 4) is 0 Å². The van der Waals surface area contributed by atoms with E-state index >= 15 is 0 Å². The van der Waals surface area contributed by atoms with Crippen molar-refractivity contribution in [1.82, 2.24) is 10.2 Å². The highest BCUT2D eigenvalue weighted by molar-refractivity contribution is 5.81. The van der Waals surface area contributed by atoms with Crippen LogP contribution >= 0.6 is 0 Å². The standard InChI is InChI=1S/C11H20N2O4/c1-3-12-11(16)8(2)13-4-5-17-7-9(13)6-10(14)15/h8-9H,3-7H2,1-2H3,(H,12,16)(H,14,15). The topological polar surface area (TPSA) is 78.9 Å². The van der Waals surface area contributed by atoms with Crippen LogP contribution < -0.4 is 5.32 Å². The second kappa shape index (κ2) is 6.56. The first-order valence-corrected chi connectivity index (χ1v) is 5.89. The number of likely N-dealkylation sites (N-methyl/N-ethyl adjacent to an activating group) is 1. The van der Waals surface area contributed by atoms with E-state index in [2.05, 4.69) is 5.32 Å². The second-order valence-corrected chi connectivity index (χ2v) is 4.13. The molecule has 1 aliphatic rings. The van der Waals surface area contributed by atoms with E-state index in [0.29, 0.717) is 26.3 Å². The summed E-state index contributed by atoms with van der Waals surface area (Å²) in [6.07, 6.45) is 0.00372. The van der Waals surface area contributed by atoms with Gasteiger partial charge in [-0.15, -0.1) is 0 Å². The Kier molecular flexibility index (Phi) is 5.37. The zero-order valence-corrected chi connectivity index (χ0v) is 10.3. The summed E-state index contributed by atoms with van der Waals surface area (Å²) < 4.78 is 5.27. The Bertz CT molecular complexity index is 283. The van der Waals surface area contributed by atoms with Gasteiger partial charge in [0.1, 0.15) is 0 Å². The van der Waals surface area contributed by atoms with Gasteiger partial charge in [0.2, 0.25) is 5.91 Å². The minimum Gasteiger partial charge on any atom is -0.481 e. The molecule has 6 nitrogen and oxygen atoms in total. The Labute approximate surface area is 101 Å². The van der Waals surface area contributed by atoms with Crippen LogP contribution in [0.25, 0.3) is 0 Å². The van der Waals surface area contributed by atoms with Crippen LogP contribution in [0.15, 0.2) is 0 Å². The van der Waals surface area contributed by atoms with E-state index in [4.69, 9.17) is 9.84 Å². The van der Waals surface area contributed by atoms with Crippen LogP contribution in [0.2, 0.25) is 0 Å². The van der Waals surface area contributed by atoms with Gasteiger partial charge in [0.05, 0.1) is 25.7 Å². The molecule has 2 N–H and O–H groups in total. The van der Waals surface area contributed by atoms with E-state index in [1.807, 2.05) is 11.8 Å². The Morgan fingerprint density at radius 3 is 2.88 bits per heavy atom. The first kappa shape index (κ1) is 13.9. The SMILES string of the molecule is CCNC(=O)C(C)N1CCOCC1CC(=O)O. The number of ether oxygens (including phenoxy) is 1. The number of carbonyl (C=O) groups excluding carboxylic acids is 1. The lowest BCUT2D eigenvalue weighted by Gasteiger charge is -2.38. The number of carboxylic acids is 1. The van der Waals surface area contributed by atoms with Gasteiger partial charge in [-0.2, -0.15) is 0 Å². The fraction of sp³-hybridized carbons (Fsp3) is 0.818. The van der Waals surface area contributed by atoms with E-state index in [1.165, 1.54) is 0 Å². The molecule has 98 valence electrons. The number of nitrogens with zero attached hydrogens (tertiary/aromatic N) is 1. The third-order valence-electron chi connectivity index (χ3n) is 2.91. The molecular formula is C11H20N2O4. The quantitative estimate of drug-likeness (QED) is 0.693. The Balaban J connectivity index is 2.63. The normalized spacial score (nSPS) is 23.1. The molecule has 0 bridgehead atoms. The van der Waals surface area contributed by atoms with Gasteiger partial charge in [0.15, 0.2) is 0 Å². The molecule has 0 spiro atoms. The molecule has 0 aromatic carbocycles. The minimum atomic E-state index is -0.867. The van der Waals surface area contributed by atoms with Crippen molar-refractivity contribution >= 4 is 11.9 Å². The van der Waals surface area contributed by atoms with E-state index in [1.54, 1.807) is 6.92 Å². The van der Waals surface area contributed by atoms with Gasteiger partial charge in [-0.05, 0) is 13.8 Å². The van der Waals surface area contributed by atoms with Gasteiger partial charge in [0, 0.05) is 19.1 Å². The highest BCUT2D eigenvalue weighted by Gasteiger charge is 2.31. The Hall–Kier alpha value is -1.14. The minimum absolute atomic E-state index is 0.00372. The van der Waals surface area contributed by atoms with Crippen molar-refractivity contribution in [2.45, 2.75) is 32.4 Å². The van der Waals surface area contributed by atoms with Crippen molar-refractivity contribution in [2.75, 3.05) is 26.3 Å². The average molecular weight is 244 g/mol. The summed E-state index contributed by atoms with van der Waals surface area (Å²) in [7, 11) is 0. The van der Waals surface area contributed by atoms with Gasteiger partial charge < -0.3 is 15.2 Å². The predicted molar refractivity (Wildman–Crippen MR) is 61.7 cm³/mol. The lowest BCUT2D eigenvalue weighted by Crippen LogP contribution is -2.55. The Morgan fingerprint density at radius 1 is 1.59 bits per heavy atom. The van der Waals surface area contributed by atoms with Gasteiger partial charge in [-0.25, -0.2) is 0 Å². The van der Waals surface area contributed by atoms with Crippen LogP contribution in [0.1, 0.15) is 20.3 Å². The number of hydrogen-bond acceptors (Lipinski definition) is 4. The van der Waals surface area contributed by atoms with E-state index < -0.39 is 5.97 Å². The molecule has 0 radical (unpaired) electrons. The summed E-state index contributed by atoms with van der Waals surface area (Å²) >= 11 is 0. The molecule has 0 aromatic heterocycles. The third-order valence-corrected chi connectivity index (χ3v) is 2.91. The van der Waals surface area contributed by atoms with Gasteiger partial charge in [-0.3, -0.25) is 14.5 Å². The lowest BCUT2D eigenvalue weighted by atomic mass is 10.1. The van der Waals surface area contributed by atoms with Crippen LogP contribution in [-0.2, 0) is 14.3 Å². The van der Waals surface area contributed by atoms with Crippen LogP contribution in [0, 0.1) is 0 Å². The average Bonchev–Trinajstić information content (AvgIpc) is 2.28. The summed E-state index contributed by atoms with van der Waals surface area (Å²) in [5.41, 5.74) is 0. The summed E-state index contributed by atoms with van der Waals surface area (Å²) in [6.45, 7) is 5.74. The van der Waals surface area contributed by atoms with Crippen LogP contribution in [0.3, 0.4) is 0 Å². The fourth-order valence-electron chi connectivity index (χ4n) is 2.03. The van der Waals surface area contributed by atoms with E-state index in [-0.39, 0.29) is 24.4 Å². The van der Waals surface area contributed by atoms with Crippen molar-refractivity contribution in [3.05, 3.63) is 0 Å². The molecule has 0 aliphatic carbocycles. The number of carbonyl (C=O) groups is 2. The molecular weight excluding hydrogens is 224 g/mol. The number of morpholine rings is 1. The number of carboxylic acid groups (broad SMARTS) is 1. The number of aliphatic carboxylic acids is 1. The molecule has 1 saturated heterocycles. The molecule has 1 amide bonds. The molecule has 1 fully saturated rings. The van der Waals surface area contributed by atoms with Crippen molar-refractivity contribution in [2.24, 2.45) is 0 Å². The number of amides is 1. The molecule has 2 atom stereocenters. The van der Waals surface area contributed by atoms with Crippen molar-refractivity contribution in [3.63, 3.8) is 0 Å². The number of nitrogens with one attached hydrogen (secondary N) is 1. The highest BCUT2D eigenvalue weighted by atomic mass is 16.5. The van der Waals surface area contributed by atoms with Gasteiger partial charge >= 0.3 is 5.97 Å². The molecule has 1 heterocycles. The zero-order chi connectivity index (χ0) is 12.8. The molecule has 6 heteroatoms. The monoisotopic (exact) mass is 244 g/mol. The first-order valence-electron chi connectivity index (χ1n) is 5.89. The third kappa shape index (κ3) is 3.98. The zero-order valence-electron chi connectivity index (χ0n) is 10.3. The predicted octanol–water partition coefficient (Wildman–Crippen LogP) is -0.313. The van der Waals surface area contributed by atoms with Crippen LogP contribution in [0.4, 0.5) is 0 Å². The van der Waals surface area contributed by atoms with Gasteiger partial charge in [0.25, 0.3) is 0 Å². The Morgan fingerprint density at radius 2 is 2.29 bits per heavy atom. The molecule has 2 unspecified atom stereocenters. The lowest BCUT2D eigenvalue weighted by molar-refractivity contribution is -0.143. The van der Waals surface area contributed by atoms with Crippen LogP contribution in [0.5, 0.6) is 0 Å². The molecule has 0 saturated carbocycles. The number of hydrogen-bond donors (Lipinski definition) is 2. The van der Waals surface area contributed by atoms with Crippen molar-refractivity contribution in [1.29, 1.82) is 0 Å². The molecule has 1 rings (SSSR count). The smallest absolute Gasteiger partial charge is 0.305 e. The summed E-state index contributed by atoms with van der Waals surface area (Å²) in [5, 5.41) is 11.6. The van der Waals surface area contributed by atoms with E-state index in [9.17, 15) is 9.59 Å². The molecule has 0 aromatic rings. The number of rotatable bonds is 5. The molecule has 17 heavy (non-hydrogen) atoms. The summed E-state index contributed by atoms with van der Waals surface area (Å²) in [5.74, 6) is -0.932. The first-order chi connectivity index (χ1) is 8.06. The van der Waals surface area contributed by atoms with Gasteiger partial charge in [-0.1, -0.05) is 0 Å². The second-order valence-electron chi connectivity index (χ2n) is 4.13. The van der Waals surface area contributed by atoms with Crippen LogP contribution in [-0.4, -0.2) is 60.3 Å². The summed E-state index contributed by atoms with van der Waals surface area (Å²) in [4.78, 5) is 24.4. The van der Waals surface area contributed by atoms with E-state index in [0.717, 1.165) is 0 Å².